The first-order valence-electron chi connectivity index (χ1n) is 3.45. The maximum absolute atomic E-state index is 4.36. The largest absolute Gasteiger partial charge is 0.276 e. The first kappa shape index (κ1) is 8.04. The van der Waals surface area contributed by atoms with E-state index in [4.69, 9.17) is 0 Å². The molecule has 0 spiro atoms. The number of hydrogen-bond acceptors (Lipinski definition) is 1. The van der Waals surface area contributed by atoms with E-state index in [9.17, 15) is 0 Å². The number of hydrogen-bond donors (Lipinski definition) is 0. The zero-order valence-electron chi connectivity index (χ0n) is 6.26. The van der Waals surface area contributed by atoms with E-state index in [2.05, 4.69) is 37.6 Å². The van der Waals surface area contributed by atoms with Crippen LogP contribution in [0.2, 0.25) is 0 Å². The minimum Gasteiger partial charge on any atom is -0.276 e. The lowest BCUT2D eigenvalue weighted by molar-refractivity contribution is 0.848. The van der Waals surface area contributed by atoms with E-state index in [1.807, 2.05) is 13.1 Å². The summed E-state index contributed by atoms with van der Waals surface area (Å²) in [6, 6.07) is 0. The summed E-state index contributed by atoms with van der Waals surface area (Å²) in [5.41, 5.74) is 1.11. The summed E-state index contributed by atoms with van der Waals surface area (Å²) in [5.74, 6) is 1.18. The summed E-state index contributed by atoms with van der Waals surface area (Å²) < 4.78 is 2.07. The summed E-state index contributed by atoms with van der Waals surface area (Å²) >= 11 is 2.26. The van der Waals surface area contributed by atoms with Crippen molar-refractivity contribution in [3.63, 3.8) is 0 Å². The molecule has 0 aliphatic heterocycles. The smallest absolute Gasteiger partial charge is 0.117 e. The Morgan fingerprint density at radius 1 is 1.70 bits per heavy atom. The highest BCUT2D eigenvalue weighted by Crippen LogP contribution is 2.07. The van der Waals surface area contributed by atoms with Crippen molar-refractivity contribution in [1.29, 1.82) is 0 Å². The summed E-state index contributed by atoms with van der Waals surface area (Å²) in [6.07, 6.45) is 4.29. The predicted octanol–water partition coefficient (Wildman–Crippen LogP) is 2.34. The van der Waals surface area contributed by atoms with Crippen LogP contribution in [0.3, 0.4) is 0 Å². The fourth-order valence-corrected chi connectivity index (χ4v) is 1.66. The van der Waals surface area contributed by atoms with Crippen LogP contribution in [0.1, 0.15) is 24.9 Å². The van der Waals surface area contributed by atoms with Gasteiger partial charge >= 0.3 is 0 Å². The van der Waals surface area contributed by atoms with Crippen molar-refractivity contribution in [3.8, 4) is 0 Å². The van der Waals surface area contributed by atoms with E-state index in [-0.39, 0.29) is 0 Å². The van der Waals surface area contributed by atoms with Gasteiger partial charge in [0.15, 0.2) is 0 Å². The van der Waals surface area contributed by atoms with Crippen LogP contribution in [-0.4, -0.2) is 7.76 Å². The minimum atomic E-state index is 1.08. The maximum atomic E-state index is 4.36. The van der Waals surface area contributed by atoms with E-state index in [1.54, 1.807) is 0 Å². The average molecular weight is 250 g/mol. The lowest BCUT2D eigenvalue weighted by Crippen LogP contribution is -1.90. The second-order valence-electron chi connectivity index (χ2n) is 2.36. The van der Waals surface area contributed by atoms with Crippen LogP contribution in [0.25, 0.3) is 0 Å². The van der Waals surface area contributed by atoms with Crippen LogP contribution in [0.4, 0.5) is 0 Å². The van der Waals surface area contributed by atoms with Crippen LogP contribution in [0.5, 0.6) is 0 Å². The third-order valence-electron chi connectivity index (χ3n) is 1.33. The van der Waals surface area contributed by atoms with Crippen molar-refractivity contribution in [2.75, 3.05) is 0 Å². The molecule has 0 fully saturated rings. The number of aryl methyl sites for hydroxylation is 2. The Bertz CT molecular complexity index is 217. The Hall–Kier alpha value is -0.0600. The van der Waals surface area contributed by atoms with Crippen LogP contribution >= 0.6 is 22.9 Å². The third-order valence-corrected chi connectivity index (χ3v) is 2.16. The molecule has 1 rings (SSSR count). The molecule has 0 saturated heterocycles. The molecule has 1 heterocycles. The van der Waals surface area contributed by atoms with Gasteiger partial charge in [-0.3, -0.25) is 2.78 Å². The fourth-order valence-electron chi connectivity index (χ4n) is 0.905. The van der Waals surface area contributed by atoms with Crippen molar-refractivity contribution in [2.45, 2.75) is 26.7 Å². The molecule has 0 atom stereocenters. The summed E-state index contributed by atoms with van der Waals surface area (Å²) in [7, 11) is 0. The molecule has 0 N–H and O–H groups in total. The molecule has 3 heteroatoms. The van der Waals surface area contributed by atoms with Gasteiger partial charge in [-0.05, 0) is 13.3 Å². The van der Waals surface area contributed by atoms with Gasteiger partial charge in [0.2, 0.25) is 0 Å². The van der Waals surface area contributed by atoms with Crippen molar-refractivity contribution < 1.29 is 0 Å². The number of imidazole rings is 1. The van der Waals surface area contributed by atoms with E-state index < -0.39 is 0 Å². The molecular weight excluding hydrogens is 239 g/mol. The summed E-state index contributed by atoms with van der Waals surface area (Å²) in [5, 5.41) is 0. The number of nitrogens with zero attached hydrogens (tertiary/aromatic N) is 2. The van der Waals surface area contributed by atoms with Gasteiger partial charge in [0.1, 0.15) is 5.82 Å². The molecular formula is C7H11IN2. The van der Waals surface area contributed by atoms with Gasteiger partial charge in [0, 0.05) is 12.6 Å². The normalized spacial score (nSPS) is 10.3. The first-order valence-corrected chi connectivity index (χ1v) is 4.41. The van der Waals surface area contributed by atoms with Crippen molar-refractivity contribution in [2.24, 2.45) is 0 Å². The molecule has 56 valence electrons. The Labute approximate surface area is 75.1 Å². The lowest BCUT2D eigenvalue weighted by atomic mass is 10.3. The maximum Gasteiger partial charge on any atom is 0.117 e. The summed E-state index contributed by atoms with van der Waals surface area (Å²) in [4.78, 5) is 4.36. The average Bonchev–Trinajstić information content (AvgIpc) is 2.13. The molecule has 0 radical (unpaired) electrons. The highest BCUT2D eigenvalue weighted by atomic mass is 127. The molecule has 1 aromatic heterocycles. The van der Waals surface area contributed by atoms with E-state index in [0.29, 0.717) is 0 Å². The number of rotatable bonds is 2. The summed E-state index contributed by atoms with van der Waals surface area (Å²) in [6.45, 7) is 4.19. The Morgan fingerprint density at radius 3 is 2.80 bits per heavy atom. The number of aromatic nitrogens is 2. The standard InChI is InChI=1S/C7H11IN2/c1-3-4-7-9-6(2)5-10(7)8/h5H,3-4H2,1-2H3. The topological polar surface area (TPSA) is 17.8 Å². The Kier molecular flexibility index (Phi) is 2.71. The van der Waals surface area contributed by atoms with Crippen LogP contribution in [0.15, 0.2) is 6.20 Å². The molecule has 0 unspecified atom stereocenters. The molecule has 0 bridgehead atoms. The molecule has 0 saturated carbocycles. The van der Waals surface area contributed by atoms with E-state index >= 15 is 0 Å². The van der Waals surface area contributed by atoms with E-state index in [1.165, 1.54) is 12.2 Å². The molecule has 0 amide bonds. The SMILES string of the molecule is CCCc1nc(C)cn1I. The number of halogens is 1. The van der Waals surface area contributed by atoms with Gasteiger partial charge in [0.05, 0.1) is 28.6 Å². The van der Waals surface area contributed by atoms with Crippen LogP contribution in [-0.2, 0) is 6.42 Å². The second kappa shape index (κ2) is 3.37. The Morgan fingerprint density at radius 2 is 2.40 bits per heavy atom. The van der Waals surface area contributed by atoms with Crippen LogP contribution < -0.4 is 0 Å². The zero-order valence-corrected chi connectivity index (χ0v) is 8.42. The minimum absolute atomic E-state index is 1.08. The quantitative estimate of drug-likeness (QED) is 0.736. The van der Waals surface area contributed by atoms with Gasteiger partial charge in [-0.2, -0.15) is 0 Å². The second-order valence-corrected chi connectivity index (χ2v) is 3.40. The molecule has 0 aliphatic carbocycles. The van der Waals surface area contributed by atoms with Crippen molar-refractivity contribution in [3.05, 3.63) is 17.7 Å². The Balaban J connectivity index is 2.81. The van der Waals surface area contributed by atoms with Gasteiger partial charge in [-0.25, -0.2) is 4.98 Å². The lowest BCUT2D eigenvalue weighted by Gasteiger charge is -1.93. The predicted molar refractivity (Wildman–Crippen MR) is 50.4 cm³/mol. The molecule has 0 aromatic carbocycles. The highest BCUT2D eigenvalue weighted by Gasteiger charge is 1.99. The van der Waals surface area contributed by atoms with Gasteiger partial charge < -0.3 is 0 Å². The van der Waals surface area contributed by atoms with Gasteiger partial charge in [-0.15, -0.1) is 0 Å². The van der Waals surface area contributed by atoms with Crippen molar-refractivity contribution >= 4 is 22.9 Å². The van der Waals surface area contributed by atoms with Crippen LogP contribution in [0, 0.1) is 6.92 Å². The molecule has 2 nitrogen and oxygen atoms in total. The zero-order chi connectivity index (χ0) is 7.56. The highest BCUT2D eigenvalue weighted by molar-refractivity contribution is 14.1. The van der Waals surface area contributed by atoms with E-state index in [0.717, 1.165) is 12.1 Å². The fraction of sp³-hybridized carbons (Fsp3) is 0.571. The third kappa shape index (κ3) is 1.71. The molecule has 10 heavy (non-hydrogen) atoms. The van der Waals surface area contributed by atoms with Crippen molar-refractivity contribution in [1.82, 2.24) is 7.76 Å². The van der Waals surface area contributed by atoms with Gasteiger partial charge in [-0.1, -0.05) is 6.92 Å². The molecule has 1 aromatic rings. The first-order chi connectivity index (χ1) is 4.74. The van der Waals surface area contributed by atoms with Gasteiger partial charge in [0.25, 0.3) is 0 Å². The monoisotopic (exact) mass is 250 g/mol. The molecule has 0 aliphatic rings.